The molecule has 1 aliphatic heterocycles. The number of nitrogens with one attached hydrogen (secondary N) is 2. The van der Waals surface area contributed by atoms with E-state index in [9.17, 15) is 32.3 Å². The number of aliphatic carboxylic acids is 1. The zero-order valence-corrected chi connectivity index (χ0v) is 24.0. The van der Waals surface area contributed by atoms with Crippen LogP contribution in [0.25, 0.3) is 0 Å². The predicted molar refractivity (Wildman–Crippen MR) is 153 cm³/mol. The van der Waals surface area contributed by atoms with E-state index in [2.05, 4.69) is 10.0 Å². The lowest BCUT2D eigenvalue weighted by Crippen LogP contribution is -2.51. The Labute approximate surface area is 242 Å². The van der Waals surface area contributed by atoms with Gasteiger partial charge in [-0.05, 0) is 55.5 Å². The number of fused-ring (bicyclic) bond motifs is 1. The van der Waals surface area contributed by atoms with Crippen molar-refractivity contribution in [3.63, 3.8) is 0 Å². The number of ether oxygens (including phenoxy) is 1. The Balaban J connectivity index is 1.71. The fourth-order valence-corrected chi connectivity index (χ4v) is 5.50. The number of sulfonamides is 1. The standard InChI is InChI=1S/C29H31FN4O7S/c1-18-16-34(19(2)28(36)37)27(35)23-10-7-11-24(32-42(39,40)22-14-12-20(30)13-15-22)26(23)41-25(18)17-33(3)29(38)31-21-8-5-4-6-9-21/h4-15,18-19,25,32H,16-17H2,1-3H3,(H,31,38)(H,36,37)/t18-,19+,25-/m1/s1. The summed E-state index contributed by atoms with van der Waals surface area (Å²) in [7, 11) is -2.68. The first-order valence-electron chi connectivity index (χ1n) is 13.1. The molecule has 13 heteroatoms. The molecule has 0 aliphatic carbocycles. The van der Waals surface area contributed by atoms with Crippen LogP contribution in [0.1, 0.15) is 24.2 Å². The monoisotopic (exact) mass is 598 g/mol. The molecule has 0 saturated carbocycles. The second-order valence-electron chi connectivity index (χ2n) is 10.0. The Kier molecular flexibility index (Phi) is 9.00. The molecule has 0 saturated heterocycles. The predicted octanol–water partition coefficient (Wildman–Crippen LogP) is 4.10. The lowest BCUT2D eigenvalue weighted by Gasteiger charge is -2.38. The average Bonchev–Trinajstić information content (AvgIpc) is 2.95. The van der Waals surface area contributed by atoms with E-state index in [-0.39, 0.29) is 35.0 Å². The Hall–Kier alpha value is -4.65. The molecule has 11 nitrogen and oxygen atoms in total. The van der Waals surface area contributed by atoms with Crippen LogP contribution in [0.2, 0.25) is 0 Å². The molecule has 3 amide bonds. The van der Waals surface area contributed by atoms with E-state index in [1.807, 2.05) is 6.07 Å². The van der Waals surface area contributed by atoms with Crippen LogP contribution in [0.15, 0.2) is 77.7 Å². The number of nitrogens with zero attached hydrogens (tertiary/aromatic N) is 2. The van der Waals surface area contributed by atoms with Gasteiger partial charge in [-0.3, -0.25) is 9.52 Å². The molecule has 222 valence electrons. The zero-order chi connectivity index (χ0) is 30.6. The number of carboxylic acids is 1. The number of hydrogen-bond donors (Lipinski definition) is 3. The molecular weight excluding hydrogens is 567 g/mol. The quantitative estimate of drug-likeness (QED) is 0.354. The van der Waals surface area contributed by atoms with Crippen LogP contribution in [0, 0.1) is 11.7 Å². The third-order valence-electron chi connectivity index (χ3n) is 6.91. The number of rotatable bonds is 8. The summed E-state index contributed by atoms with van der Waals surface area (Å²) in [6.07, 6.45) is -0.789. The van der Waals surface area contributed by atoms with Crippen LogP contribution >= 0.6 is 0 Å². The van der Waals surface area contributed by atoms with Gasteiger partial charge in [0.1, 0.15) is 18.0 Å². The molecule has 0 unspecified atom stereocenters. The summed E-state index contributed by atoms with van der Waals surface area (Å²) in [4.78, 5) is 40.8. The molecule has 1 aliphatic rings. The van der Waals surface area contributed by atoms with Crippen molar-refractivity contribution < 1.29 is 37.0 Å². The molecule has 4 rings (SSSR count). The largest absolute Gasteiger partial charge is 0.485 e. The highest BCUT2D eigenvalue weighted by Gasteiger charge is 2.37. The first kappa shape index (κ1) is 30.3. The minimum absolute atomic E-state index is 0.00388. The number of benzene rings is 3. The van der Waals surface area contributed by atoms with Gasteiger partial charge in [-0.2, -0.15) is 0 Å². The van der Waals surface area contributed by atoms with Crippen molar-refractivity contribution in [2.75, 3.05) is 30.2 Å². The van der Waals surface area contributed by atoms with E-state index in [4.69, 9.17) is 4.74 Å². The number of carboxylic acid groups (broad SMARTS) is 1. The fraction of sp³-hybridized carbons (Fsp3) is 0.276. The molecule has 42 heavy (non-hydrogen) atoms. The van der Waals surface area contributed by atoms with Crippen molar-refractivity contribution in [2.45, 2.75) is 30.9 Å². The molecule has 0 radical (unpaired) electrons. The van der Waals surface area contributed by atoms with Crippen molar-refractivity contribution in [3.05, 3.63) is 84.2 Å². The summed E-state index contributed by atoms with van der Waals surface area (Å²) in [5.41, 5.74) is 0.440. The Bertz CT molecular complexity index is 1570. The molecule has 3 atom stereocenters. The van der Waals surface area contributed by atoms with Crippen molar-refractivity contribution in [1.82, 2.24) is 9.80 Å². The summed E-state index contributed by atoms with van der Waals surface area (Å²) < 4.78 is 48.5. The number of likely N-dealkylation sites (N-methyl/N-ethyl adjacent to an activating group) is 1. The smallest absolute Gasteiger partial charge is 0.326 e. The van der Waals surface area contributed by atoms with E-state index < -0.39 is 51.8 Å². The molecule has 0 bridgehead atoms. The molecule has 0 fully saturated rings. The second kappa shape index (κ2) is 12.5. The van der Waals surface area contributed by atoms with Gasteiger partial charge in [0.05, 0.1) is 22.7 Å². The van der Waals surface area contributed by atoms with Gasteiger partial charge < -0.3 is 25.0 Å². The van der Waals surface area contributed by atoms with E-state index in [0.29, 0.717) is 5.69 Å². The van der Waals surface area contributed by atoms with Crippen molar-refractivity contribution in [3.8, 4) is 5.75 Å². The van der Waals surface area contributed by atoms with Crippen LogP contribution in [0.3, 0.4) is 0 Å². The number of carbonyl (C=O) groups is 3. The van der Waals surface area contributed by atoms with E-state index in [1.165, 1.54) is 34.9 Å². The van der Waals surface area contributed by atoms with Gasteiger partial charge in [0.2, 0.25) is 0 Å². The van der Waals surface area contributed by atoms with Gasteiger partial charge in [-0.1, -0.05) is 31.2 Å². The lowest BCUT2D eigenvalue weighted by molar-refractivity contribution is -0.142. The highest BCUT2D eigenvalue weighted by atomic mass is 32.2. The maximum atomic E-state index is 13.6. The molecule has 0 spiro atoms. The summed E-state index contributed by atoms with van der Waals surface area (Å²) in [5.74, 6) is -3.11. The minimum Gasteiger partial charge on any atom is -0.485 e. The van der Waals surface area contributed by atoms with Crippen LogP contribution in [0.4, 0.5) is 20.6 Å². The molecule has 0 aromatic heterocycles. The summed E-state index contributed by atoms with van der Waals surface area (Å²) in [6.45, 7) is 3.14. The second-order valence-corrected chi connectivity index (χ2v) is 11.7. The summed E-state index contributed by atoms with van der Waals surface area (Å²) in [6, 6.07) is 15.6. The Morgan fingerprint density at radius 1 is 1.10 bits per heavy atom. The number of carbonyl (C=O) groups excluding carboxylic acids is 2. The number of anilines is 2. The lowest BCUT2D eigenvalue weighted by atomic mass is 9.99. The summed E-state index contributed by atoms with van der Waals surface area (Å²) in [5, 5.41) is 12.5. The van der Waals surface area contributed by atoms with Gasteiger partial charge in [0.25, 0.3) is 15.9 Å². The molecule has 3 aromatic carbocycles. The number of para-hydroxylation sites is 2. The number of hydrogen-bond acceptors (Lipinski definition) is 6. The molecule has 1 heterocycles. The third-order valence-corrected chi connectivity index (χ3v) is 8.30. The van der Waals surface area contributed by atoms with Gasteiger partial charge in [-0.15, -0.1) is 0 Å². The highest BCUT2D eigenvalue weighted by Crippen LogP contribution is 2.36. The van der Waals surface area contributed by atoms with Crippen molar-refractivity contribution in [2.24, 2.45) is 5.92 Å². The highest BCUT2D eigenvalue weighted by molar-refractivity contribution is 7.92. The fourth-order valence-electron chi connectivity index (χ4n) is 4.44. The summed E-state index contributed by atoms with van der Waals surface area (Å²) >= 11 is 0. The zero-order valence-electron chi connectivity index (χ0n) is 23.2. The minimum atomic E-state index is -4.24. The van der Waals surface area contributed by atoms with Crippen LogP contribution < -0.4 is 14.8 Å². The van der Waals surface area contributed by atoms with Gasteiger partial charge >= 0.3 is 12.0 Å². The van der Waals surface area contributed by atoms with Crippen LogP contribution in [-0.2, 0) is 14.8 Å². The molecule has 3 N–H and O–H groups in total. The van der Waals surface area contributed by atoms with E-state index in [0.717, 1.165) is 24.3 Å². The van der Waals surface area contributed by atoms with E-state index in [1.54, 1.807) is 38.2 Å². The normalized spacial score (nSPS) is 17.6. The Morgan fingerprint density at radius 2 is 1.76 bits per heavy atom. The molecular formula is C29H31FN4O7S. The first-order chi connectivity index (χ1) is 19.9. The van der Waals surface area contributed by atoms with Gasteiger partial charge in [0, 0.05) is 25.2 Å². The third kappa shape index (κ3) is 6.79. The number of amides is 3. The maximum absolute atomic E-state index is 13.6. The van der Waals surface area contributed by atoms with E-state index >= 15 is 0 Å². The van der Waals surface area contributed by atoms with Crippen molar-refractivity contribution in [1.29, 1.82) is 0 Å². The topological polar surface area (TPSA) is 145 Å². The van der Waals surface area contributed by atoms with Gasteiger partial charge in [0.15, 0.2) is 5.75 Å². The van der Waals surface area contributed by atoms with Crippen LogP contribution in [0.5, 0.6) is 5.75 Å². The SMILES string of the molecule is C[C@@H]1CN([C@@H](C)C(=O)O)C(=O)c2cccc(NS(=O)(=O)c3ccc(F)cc3)c2O[C@@H]1CN(C)C(=O)Nc1ccccc1. The Morgan fingerprint density at radius 3 is 2.40 bits per heavy atom. The maximum Gasteiger partial charge on any atom is 0.326 e. The van der Waals surface area contributed by atoms with Crippen LogP contribution in [-0.4, -0.2) is 73.5 Å². The van der Waals surface area contributed by atoms with Gasteiger partial charge in [-0.25, -0.2) is 22.4 Å². The first-order valence-corrected chi connectivity index (χ1v) is 14.5. The number of halogens is 1. The average molecular weight is 599 g/mol. The number of urea groups is 1. The van der Waals surface area contributed by atoms with Crippen molar-refractivity contribution >= 4 is 39.3 Å². The molecule has 3 aromatic rings.